The van der Waals surface area contributed by atoms with Crippen LogP contribution >= 0.6 is 31.9 Å². The Labute approximate surface area is 123 Å². The van der Waals surface area contributed by atoms with Crippen molar-refractivity contribution in [1.82, 2.24) is 0 Å². The first kappa shape index (κ1) is 13.2. The molecule has 2 aromatic carbocycles. The van der Waals surface area contributed by atoms with E-state index in [1.165, 1.54) is 0 Å². The van der Waals surface area contributed by atoms with Crippen LogP contribution in [0.4, 0.5) is 5.69 Å². The number of hydrogen-bond donors (Lipinski definition) is 1. The molecule has 0 aliphatic rings. The minimum atomic E-state index is 0.701. The van der Waals surface area contributed by atoms with Crippen molar-refractivity contribution in [3.8, 4) is 11.5 Å². The van der Waals surface area contributed by atoms with E-state index in [1.807, 2.05) is 54.6 Å². The number of halogens is 2. The molecule has 4 heteroatoms. The molecule has 2 nitrogen and oxygen atoms in total. The van der Waals surface area contributed by atoms with Crippen LogP contribution in [0.25, 0.3) is 6.08 Å². The molecule has 0 fully saturated rings. The van der Waals surface area contributed by atoms with Crippen molar-refractivity contribution in [2.45, 2.75) is 0 Å². The highest BCUT2D eigenvalue weighted by Gasteiger charge is 2.01. The van der Waals surface area contributed by atoms with Gasteiger partial charge in [0.2, 0.25) is 0 Å². The predicted octanol–water partition coefficient (Wildman–Crippen LogP) is 5.15. The van der Waals surface area contributed by atoms with Crippen LogP contribution in [0.2, 0.25) is 0 Å². The van der Waals surface area contributed by atoms with Gasteiger partial charge in [0.15, 0.2) is 0 Å². The Kier molecular flexibility index (Phi) is 4.44. The van der Waals surface area contributed by atoms with Crippen LogP contribution in [0.15, 0.2) is 51.9 Å². The lowest BCUT2D eigenvalue weighted by Crippen LogP contribution is -1.91. The largest absolute Gasteiger partial charge is 0.457 e. The van der Waals surface area contributed by atoms with Gasteiger partial charge in [-0.3, -0.25) is 0 Å². The summed E-state index contributed by atoms with van der Waals surface area (Å²) in [5.74, 6) is 1.55. The van der Waals surface area contributed by atoms with Crippen molar-refractivity contribution in [2.24, 2.45) is 0 Å². The van der Waals surface area contributed by atoms with Gasteiger partial charge in [0.05, 0.1) is 3.39 Å². The lowest BCUT2D eigenvalue weighted by Gasteiger charge is -2.08. The van der Waals surface area contributed by atoms with Gasteiger partial charge >= 0.3 is 0 Å². The number of nitrogens with two attached hydrogens (primary N) is 1. The molecule has 0 saturated heterocycles. The summed E-state index contributed by atoms with van der Waals surface area (Å²) >= 11 is 6.64. The van der Waals surface area contributed by atoms with Crippen LogP contribution in [0.3, 0.4) is 0 Å². The lowest BCUT2D eigenvalue weighted by atomic mass is 10.1. The molecule has 0 amide bonds. The molecular weight excluding hydrogens is 358 g/mol. The standard InChI is InChI=1S/C14H11Br2NO/c15-14(16)9-10-8-12(6-7-13(10)17)18-11-4-2-1-3-5-11/h1-9H,17H2. The molecule has 0 unspecified atom stereocenters. The second-order valence-corrected chi connectivity index (χ2v) is 6.41. The number of para-hydroxylation sites is 1. The number of nitrogen functional groups attached to an aromatic ring is 1. The molecule has 2 aromatic rings. The fraction of sp³-hybridized carbons (Fsp3) is 0. The summed E-state index contributed by atoms with van der Waals surface area (Å²) in [6.45, 7) is 0. The molecule has 0 bridgehead atoms. The zero-order valence-corrected chi connectivity index (χ0v) is 12.6. The average molecular weight is 369 g/mol. The Hall–Kier alpha value is -1.26. The predicted molar refractivity (Wildman–Crippen MR) is 83.2 cm³/mol. The Morgan fingerprint density at radius 2 is 1.72 bits per heavy atom. The summed E-state index contributed by atoms with van der Waals surface area (Å²) in [7, 11) is 0. The van der Waals surface area contributed by atoms with Crippen LogP contribution in [0, 0.1) is 0 Å². The first-order valence-electron chi connectivity index (χ1n) is 5.30. The summed E-state index contributed by atoms with van der Waals surface area (Å²) in [4.78, 5) is 0. The number of rotatable bonds is 3. The molecule has 18 heavy (non-hydrogen) atoms. The summed E-state index contributed by atoms with van der Waals surface area (Å²) < 4.78 is 6.57. The minimum absolute atomic E-state index is 0.701. The van der Waals surface area contributed by atoms with Gasteiger partial charge < -0.3 is 10.5 Å². The Morgan fingerprint density at radius 3 is 2.39 bits per heavy atom. The molecule has 0 aromatic heterocycles. The van der Waals surface area contributed by atoms with Gasteiger partial charge in [-0.1, -0.05) is 18.2 Å². The van der Waals surface area contributed by atoms with Crippen molar-refractivity contribution in [3.63, 3.8) is 0 Å². The highest BCUT2D eigenvalue weighted by Crippen LogP contribution is 2.28. The molecule has 0 spiro atoms. The third-order valence-corrected chi connectivity index (χ3v) is 2.76. The fourth-order valence-electron chi connectivity index (χ4n) is 1.48. The number of hydrogen-bond acceptors (Lipinski definition) is 2. The monoisotopic (exact) mass is 367 g/mol. The van der Waals surface area contributed by atoms with Gasteiger partial charge in [0, 0.05) is 11.3 Å². The van der Waals surface area contributed by atoms with Crippen LogP contribution in [0.1, 0.15) is 5.56 Å². The zero-order chi connectivity index (χ0) is 13.0. The normalized spacial score (nSPS) is 9.89. The van der Waals surface area contributed by atoms with E-state index in [9.17, 15) is 0 Å². The third kappa shape index (κ3) is 3.62. The maximum atomic E-state index is 5.89. The first-order valence-corrected chi connectivity index (χ1v) is 6.89. The van der Waals surface area contributed by atoms with E-state index in [2.05, 4.69) is 31.9 Å². The highest BCUT2D eigenvalue weighted by atomic mass is 79.9. The molecule has 2 rings (SSSR count). The topological polar surface area (TPSA) is 35.2 Å². The van der Waals surface area contributed by atoms with Crippen LogP contribution in [-0.2, 0) is 0 Å². The Balaban J connectivity index is 2.28. The second kappa shape index (κ2) is 6.07. The zero-order valence-electron chi connectivity index (χ0n) is 9.44. The smallest absolute Gasteiger partial charge is 0.128 e. The van der Waals surface area contributed by atoms with E-state index in [4.69, 9.17) is 10.5 Å². The SMILES string of the molecule is Nc1ccc(Oc2ccccc2)cc1C=C(Br)Br. The van der Waals surface area contributed by atoms with Crippen LogP contribution < -0.4 is 10.5 Å². The molecule has 0 heterocycles. The van der Waals surface area contributed by atoms with E-state index in [0.717, 1.165) is 20.5 Å². The molecule has 92 valence electrons. The van der Waals surface area contributed by atoms with Crippen molar-refractivity contribution >= 4 is 43.6 Å². The first-order chi connectivity index (χ1) is 8.65. The van der Waals surface area contributed by atoms with Gasteiger partial charge in [-0.05, 0) is 68.3 Å². The molecule has 0 saturated carbocycles. The van der Waals surface area contributed by atoms with Crippen molar-refractivity contribution in [1.29, 1.82) is 0 Å². The third-order valence-electron chi connectivity index (χ3n) is 2.30. The molecule has 0 aliphatic carbocycles. The van der Waals surface area contributed by atoms with Gasteiger partial charge in [0.25, 0.3) is 0 Å². The van der Waals surface area contributed by atoms with E-state index in [-0.39, 0.29) is 0 Å². The number of ether oxygens (including phenoxy) is 1. The van der Waals surface area contributed by atoms with E-state index in [0.29, 0.717) is 5.69 Å². The fourth-order valence-corrected chi connectivity index (χ4v) is 1.98. The Bertz CT molecular complexity index is 563. The molecule has 2 N–H and O–H groups in total. The maximum absolute atomic E-state index is 5.89. The van der Waals surface area contributed by atoms with Gasteiger partial charge in [-0.15, -0.1) is 0 Å². The summed E-state index contributed by atoms with van der Waals surface area (Å²) in [5.41, 5.74) is 7.49. The average Bonchev–Trinajstić information content (AvgIpc) is 2.34. The van der Waals surface area contributed by atoms with Gasteiger partial charge in [0.1, 0.15) is 11.5 Å². The quantitative estimate of drug-likeness (QED) is 0.760. The van der Waals surface area contributed by atoms with Crippen LogP contribution in [-0.4, -0.2) is 0 Å². The van der Waals surface area contributed by atoms with Crippen molar-refractivity contribution in [2.75, 3.05) is 5.73 Å². The number of benzene rings is 2. The second-order valence-electron chi connectivity index (χ2n) is 3.64. The summed E-state index contributed by atoms with van der Waals surface area (Å²) in [5, 5.41) is 0. The van der Waals surface area contributed by atoms with E-state index in [1.54, 1.807) is 0 Å². The lowest BCUT2D eigenvalue weighted by molar-refractivity contribution is 0.482. The van der Waals surface area contributed by atoms with Crippen LogP contribution in [0.5, 0.6) is 11.5 Å². The summed E-state index contributed by atoms with van der Waals surface area (Å²) in [6.07, 6.45) is 1.88. The van der Waals surface area contributed by atoms with E-state index >= 15 is 0 Å². The van der Waals surface area contributed by atoms with Gasteiger partial charge in [-0.25, -0.2) is 0 Å². The highest BCUT2D eigenvalue weighted by molar-refractivity contribution is 9.28. The van der Waals surface area contributed by atoms with Crippen molar-refractivity contribution in [3.05, 3.63) is 57.5 Å². The summed E-state index contributed by atoms with van der Waals surface area (Å²) in [6, 6.07) is 15.2. The van der Waals surface area contributed by atoms with Crippen molar-refractivity contribution < 1.29 is 4.74 Å². The maximum Gasteiger partial charge on any atom is 0.128 e. The minimum Gasteiger partial charge on any atom is -0.457 e. The Morgan fingerprint density at radius 1 is 1.00 bits per heavy atom. The molecule has 0 radical (unpaired) electrons. The molecular formula is C14H11Br2NO. The van der Waals surface area contributed by atoms with Gasteiger partial charge in [-0.2, -0.15) is 0 Å². The van der Waals surface area contributed by atoms with E-state index < -0.39 is 0 Å². The molecule has 0 aliphatic heterocycles. The molecule has 0 atom stereocenters. The number of anilines is 1.